The predicted molar refractivity (Wildman–Crippen MR) is 99.8 cm³/mol. The Hall–Kier alpha value is -2.09. The Morgan fingerprint density at radius 2 is 2.12 bits per heavy atom. The Bertz CT molecular complexity index is 989. The van der Waals surface area contributed by atoms with Gasteiger partial charge in [-0.2, -0.15) is 0 Å². The highest BCUT2D eigenvalue weighted by Gasteiger charge is 2.52. The lowest BCUT2D eigenvalue weighted by Crippen LogP contribution is -2.43. The molecule has 132 valence electrons. The van der Waals surface area contributed by atoms with Crippen LogP contribution in [-0.4, -0.2) is 37.3 Å². The number of fused-ring (bicyclic) bond motifs is 5. The monoisotopic (exact) mass is 411 g/mol. The van der Waals surface area contributed by atoms with Crippen LogP contribution in [0.5, 0.6) is 0 Å². The van der Waals surface area contributed by atoms with E-state index in [4.69, 9.17) is 4.74 Å². The number of benzene rings is 1. The maximum atomic E-state index is 6.62. The standard InChI is InChI=1S/C19H18BrN5O/c1-12-10-24-11-18-23-22-13(2)25(18)16-7-6-14(20)9-15(16)19(24,26-12)17-5-3-4-8-21-17/h3-9,12H,10-11H2,1-2H3. The first-order valence-electron chi connectivity index (χ1n) is 8.65. The molecule has 4 heterocycles. The molecule has 1 saturated heterocycles. The highest BCUT2D eigenvalue weighted by Crippen LogP contribution is 2.47. The Morgan fingerprint density at radius 1 is 1.23 bits per heavy atom. The second-order valence-electron chi connectivity index (χ2n) is 6.83. The Morgan fingerprint density at radius 3 is 2.92 bits per heavy atom. The summed E-state index contributed by atoms with van der Waals surface area (Å²) in [4.78, 5) is 7.00. The van der Waals surface area contributed by atoms with Gasteiger partial charge in [0.1, 0.15) is 5.82 Å². The van der Waals surface area contributed by atoms with Gasteiger partial charge in [0.25, 0.3) is 0 Å². The van der Waals surface area contributed by atoms with E-state index in [1.165, 1.54) is 0 Å². The van der Waals surface area contributed by atoms with Crippen molar-refractivity contribution in [2.24, 2.45) is 0 Å². The summed E-state index contributed by atoms with van der Waals surface area (Å²) in [5.74, 6) is 1.79. The van der Waals surface area contributed by atoms with Gasteiger partial charge >= 0.3 is 0 Å². The molecule has 0 N–H and O–H groups in total. The number of aryl methyl sites for hydroxylation is 1. The third kappa shape index (κ3) is 2.14. The summed E-state index contributed by atoms with van der Waals surface area (Å²) in [6, 6.07) is 12.2. The summed E-state index contributed by atoms with van der Waals surface area (Å²) < 4.78 is 9.75. The van der Waals surface area contributed by atoms with Crippen molar-refractivity contribution in [2.45, 2.75) is 32.2 Å². The van der Waals surface area contributed by atoms with Crippen LogP contribution in [0, 0.1) is 6.92 Å². The number of hydrogen-bond acceptors (Lipinski definition) is 5. The minimum absolute atomic E-state index is 0.0828. The fourth-order valence-electron chi connectivity index (χ4n) is 4.14. The van der Waals surface area contributed by atoms with E-state index < -0.39 is 5.72 Å². The average molecular weight is 412 g/mol. The number of pyridine rings is 1. The van der Waals surface area contributed by atoms with Crippen LogP contribution in [0.1, 0.15) is 29.8 Å². The lowest BCUT2D eigenvalue weighted by Gasteiger charge is -2.36. The van der Waals surface area contributed by atoms with Gasteiger partial charge in [0.05, 0.1) is 24.0 Å². The molecule has 3 aromatic rings. The first kappa shape index (κ1) is 16.1. The predicted octanol–water partition coefficient (Wildman–Crippen LogP) is 3.17. The van der Waals surface area contributed by atoms with Gasteiger partial charge in [-0.05, 0) is 44.2 Å². The van der Waals surface area contributed by atoms with Crippen LogP contribution in [0.15, 0.2) is 47.1 Å². The molecule has 1 aromatic carbocycles. The van der Waals surface area contributed by atoms with Crippen molar-refractivity contribution < 1.29 is 4.74 Å². The maximum Gasteiger partial charge on any atom is 0.193 e. The fraction of sp³-hybridized carbons (Fsp3) is 0.316. The number of hydrogen-bond donors (Lipinski definition) is 0. The van der Waals surface area contributed by atoms with E-state index in [1.807, 2.05) is 37.4 Å². The van der Waals surface area contributed by atoms with E-state index in [-0.39, 0.29) is 6.10 Å². The molecule has 0 spiro atoms. The molecule has 0 saturated carbocycles. The molecule has 6 nitrogen and oxygen atoms in total. The zero-order valence-corrected chi connectivity index (χ0v) is 16.1. The van der Waals surface area contributed by atoms with E-state index in [9.17, 15) is 0 Å². The zero-order valence-electron chi connectivity index (χ0n) is 14.6. The van der Waals surface area contributed by atoms with Crippen molar-refractivity contribution in [2.75, 3.05) is 6.54 Å². The summed E-state index contributed by atoms with van der Waals surface area (Å²) in [5, 5.41) is 8.74. The van der Waals surface area contributed by atoms with E-state index >= 15 is 0 Å². The summed E-state index contributed by atoms with van der Waals surface area (Å²) in [7, 11) is 0. The van der Waals surface area contributed by atoms with Gasteiger partial charge in [0.15, 0.2) is 11.5 Å². The number of nitrogens with zero attached hydrogens (tertiary/aromatic N) is 5. The summed E-state index contributed by atoms with van der Waals surface area (Å²) in [5.41, 5.74) is 2.23. The number of halogens is 1. The van der Waals surface area contributed by atoms with Crippen LogP contribution in [-0.2, 0) is 17.0 Å². The molecule has 2 unspecified atom stereocenters. The van der Waals surface area contributed by atoms with Crippen molar-refractivity contribution in [3.63, 3.8) is 0 Å². The smallest absolute Gasteiger partial charge is 0.193 e. The Kier molecular flexibility index (Phi) is 3.53. The Balaban J connectivity index is 1.88. The highest BCUT2D eigenvalue weighted by molar-refractivity contribution is 9.10. The second-order valence-corrected chi connectivity index (χ2v) is 7.74. The van der Waals surface area contributed by atoms with Crippen LogP contribution in [0.4, 0.5) is 0 Å². The van der Waals surface area contributed by atoms with Gasteiger partial charge in [-0.1, -0.05) is 22.0 Å². The molecule has 2 aliphatic rings. The van der Waals surface area contributed by atoms with Crippen molar-refractivity contribution in [3.8, 4) is 5.69 Å². The number of aromatic nitrogens is 4. The van der Waals surface area contributed by atoms with Crippen molar-refractivity contribution in [1.82, 2.24) is 24.6 Å². The van der Waals surface area contributed by atoms with E-state index in [0.717, 1.165) is 39.6 Å². The maximum absolute atomic E-state index is 6.62. The molecule has 0 amide bonds. The third-order valence-corrected chi connectivity index (χ3v) is 5.59. The highest BCUT2D eigenvalue weighted by atomic mass is 79.9. The SMILES string of the molecule is Cc1nnc2n1-c1ccc(Br)cc1C1(c3ccccn3)OC(C)CN1C2. The van der Waals surface area contributed by atoms with Crippen molar-refractivity contribution in [3.05, 3.63) is 70.0 Å². The van der Waals surface area contributed by atoms with Gasteiger partial charge in [0.2, 0.25) is 0 Å². The average Bonchev–Trinajstić information content (AvgIpc) is 3.13. The minimum Gasteiger partial charge on any atom is -0.346 e. The van der Waals surface area contributed by atoms with Gasteiger partial charge in [0, 0.05) is 22.8 Å². The summed E-state index contributed by atoms with van der Waals surface area (Å²) in [6.45, 7) is 5.53. The lowest BCUT2D eigenvalue weighted by atomic mass is 9.95. The molecule has 2 atom stereocenters. The minimum atomic E-state index is -0.743. The topological polar surface area (TPSA) is 56.1 Å². The molecule has 1 fully saturated rings. The second kappa shape index (κ2) is 5.70. The first-order valence-corrected chi connectivity index (χ1v) is 9.44. The largest absolute Gasteiger partial charge is 0.346 e. The summed E-state index contributed by atoms with van der Waals surface area (Å²) >= 11 is 3.64. The first-order chi connectivity index (χ1) is 12.6. The van der Waals surface area contributed by atoms with Gasteiger partial charge < -0.3 is 4.74 Å². The molecule has 5 rings (SSSR count). The van der Waals surface area contributed by atoms with Gasteiger partial charge in [-0.15, -0.1) is 10.2 Å². The number of rotatable bonds is 1. The van der Waals surface area contributed by atoms with Crippen LogP contribution < -0.4 is 0 Å². The van der Waals surface area contributed by atoms with Crippen LogP contribution in [0.3, 0.4) is 0 Å². The fourth-order valence-corrected chi connectivity index (χ4v) is 4.50. The lowest BCUT2D eigenvalue weighted by molar-refractivity contribution is -0.0790. The van der Waals surface area contributed by atoms with Crippen molar-refractivity contribution >= 4 is 15.9 Å². The quantitative estimate of drug-likeness (QED) is 0.615. The molecule has 7 heteroatoms. The normalized spacial score (nSPS) is 24.7. The number of ether oxygens (including phenoxy) is 1. The van der Waals surface area contributed by atoms with Crippen LogP contribution >= 0.6 is 15.9 Å². The Labute approximate surface area is 160 Å². The van der Waals surface area contributed by atoms with Gasteiger partial charge in [-0.25, -0.2) is 0 Å². The molecule has 0 radical (unpaired) electrons. The molecule has 0 aliphatic carbocycles. The summed E-state index contributed by atoms with van der Waals surface area (Å²) in [6.07, 6.45) is 1.90. The molecular formula is C19H18BrN5O. The van der Waals surface area contributed by atoms with E-state index in [1.54, 1.807) is 0 Å². The molecule has 0 bridgehead atoms. The van der Waals surface area contributed by atoms with Crippen LogP contribution in [0.25, 0.3) is 5.69 Å². The van der Waals surface area contributed by atoms with Crippen LogP contribution in [0.2, 0.25) is 0 Å². The van der Waals surface area contributed by atoms with E-state index in [2.05, 4.69) is 59.6 Å². The van der Waals surface area contributed by atoms with Crippen molar-refractivity contribution in [1.29, 1.82) is 0 Å². The van der Waals surface area contributed by atoms with E-state index in [0.29, 0.717) is 6.54 Å². The van der Waals surface area contributed by atoms with Gasteiger partial charge in [-0.3, -0.25) is 14.5 Å². The zero-order chi connectivity index (χ0) is 17.9. The molecule has 2 aromatic heterocycles. The molecule has 2 aliphatic heterocycles. The molecule has 26 heavy (non-hydrogen) atoms. The third-order valence-electron chi connectivity index (χ3n) is 5.10. The molecular weight excluding hydrogens is 394 g/mol.